The van der Waals surface area contributed by atoms with E-state index in [0.717, 1.165) is 32.7 Å². The summed E-state index contributed by atoms with van der Waals surface area (Å²) in [6.45, 7) is 4.01. The Morgan fingerprint density at radius 3 is 3.00 bits per heavy atom. The summed E-state index contributed by atoms with van der Waals surface area (Å²) in [5.41, 5.74) is 0. The highest BCUT2D eigenvalue weighted by Gasteiger charge is 2.38. The van der Waals surface area contributed by atoms with Crippen molar-refractivity contribution in [3.05, 3.63) is 0 Å². The van der Waals surface area contributed by atoms with E-state index in [1.54, 1.807) is 0 Å². The lowest BCUT2D eigenvalue weighted by molar-refractivity contribution is -0.142. The quantitative estimate of drug-likeness (QED) is 0.684. The molecule has 3 heterocycles. The van der Waals surface area contributed by atoms with Crippen molar-refractivity contribution < 1.29 is 14.3 Å². The van der Waals surface area contributed by atoms with Gasteiger partial charge in [0.15, 0.2) is 5.78 Å². The second kappa shape index (κ2) is 4.43. The van der Waals surface area contributed by atoms with Crippen molar-refractivity contribution in [2.75, 3.05) is 32.9 Å². The summed E-state index contributed by atoms with van der Waals surface area (Å²) >= 11 is 0. The number of hydrogen-bond donors (Lipinski definition) is 0. The first-order chi connectivity index (χ1) is 7.84. The van der Waals surface area contributed by atoms with Crippen LogP contribution in [0, 0.1) is 5.92 Å². The molecule has 3 atom stereocenters. The minimum atomic E-state index is -0.193. The maximum atomic E-state index is 12.2. The third kappa shape index (κ3) is 1.90. The highest BCUT2D eigenvalue weighted by atomic mass is 16.5. The van der Waals surface area contributed by atoms with E-state index in [1.807, 2.05) is 0 Å². The number of rotatable bonds is 2. The van der Waals surface area contributed by atoms with Gasteiger partial charge in [0.25, 0.3) is 0 Å². The van der Waals surface area contributed by atoms with Crippen LogP contribution in [0.1, 0.15) is 19.3 Å². The van der Waals surface area contributed by atoms with E-state index in [4.69, 9.17) is 9.47 Å². The first-order valence-electron chi connectivity index (χ1n) is 6.32. The molecule has 0 aromatic rings. The van der Waals surface area contributed by atoms with Gasteiger partial charge in [0.1, 0.15) is 6.10 Å². The number of morpholine rings is 1. The largest absolute Gasteiger partial charge is 0.381 e. The van der Waals surface area contributed by atoms with Crippen LogP contribution >= 0.6 is 0 Å². The Hall–Kier alpha value is -0.450. The van der Waals surface area contributed by atoms with Crippen LogP contribution in [0.15, 0.2) is 0 Å². The molecule has 4 heteroatoms. The molecule has 3 rings (SSSR count). The van der Waals surface area contributed by atoms with Gasteiger partial charge in [0, 0.05) is 25.1 Å². The summed E-state index contributed by atoms with van der Waals surface area (Å²) in [6, 6.07) is 0.573. The third-order valence-electron chi connectivity index (χ3n) is 4.04. The third-order valence-corrected chi connectivity index (χ3v) is 4.04. The molecule has 3 aliphatic rings. The Kier molecular flexibility index (Phi) is 2.96. The van der Waals surface area contributed by atoms with Crippen LogP contribution in [0.2, 0.25) is 0 Å². The van der Waals surface area contributed by atoms with E-state index < -0.39 is 0 Å². The summed E-state index contributed by atoms with van der Waals surface area (Å²) in [4.78, 5) is 14.6. The summed E-state index contributed by atoms with van der Waals surface area (Å²) in [5, 5.41) is 0. The van der Waals surface area contributed by atoms with Crippen molar-refractivity contribution in [3.8, 4) is 0 Å². The smallest absolute Gasteiger partial charge is 0.168 e. The highest BCUT2D eigenvalue weighted by molar-refractivity contribution is 5.86. The molecule has 3 fully saturated rings. The standard InChI is InChI=1S/C12H19NO3/c14-12(9-3-5-15-7-9)11-6-13-4-1-2-10(13)8-16-11/h9-11H,1-8H2. The average molecular weight is 225 g/mol. The van der Waals surface area contributed by atoms with Gasteiger partial charge in [-0.05, 0) is 25.8 Å². The summed E-state index contributed by atoms with van der Waals surface area (Å²) in [5.74, 6) is 0.354. The zero-order chi connectivity index (χ0) is 11.0. The molecule has 4 nitrogen and oxygen atoms in total. The summed E-state index contributed by atoms with van der Waals surface area (Å²) < 4.78 is 11.0. The van der Waals surface area contributed by atoms with Gasteiger partial charge in [0.2, 0.25) is 0 Å². The lowest BCUT2D eigenvalue weighted by Gasteiger charge is -2.35. The van der Waals surface area contributed by atoms with Gasteiger partial charge in [-0.2, -0.15) is 0 Å². The first-order valence-corrected chi connectivity index (χ1v) is 6.32. The normalized spacial score (nSPS) is 39.9. The van der Waals surface area contributed by atoms with Crippen molar-refractivity contribution in [1.82, 2.24) is 4.90 Å². The minimum absolute atomic E-state index is 0.0872. The van der Waals surface area contributed by atoms with Crippen molar-refractivity contribution >= 4 is 5.78 Å². The predicted molar refractivity (Wildman–Crippen MR) is 58.3 cm³/mol. The number of carbonyl (C=O) groups excluding carboxylic acids is 1. The molecule has 16 heavy (non-hydrogen) atoms. The number of ketones is 1. The molecular weight excluding hydrogens is 206 g/mol. The minimum Gasteiger partial charge on any atom is -0.381 e. The summed E-state index contributed by atoms with van der Waals surface area (Å²) in [7, 11) is 0. The molecule has 0 aromatic heterocycles. The molecule has 3 aliphatic heterocycles. The number of hydrogen-bond acceptors (Lipinski definition) is 4. The van der Waals surface area contributed by atoms with Gasteiger partial charge < -0.3 is 9.47 Å². The molecular formula is C12H19NO3. The van der Waals surface area contributed by atoms with Crippen LogP contribution in [0.4, 0.5) is 0 Å². The molecule has 0 aliphatic carbocycles. The molecule has 3 unspecified atom stereocenters. The van der Waals surface area contributed by atoms with Crippen LogP contribution in [-0.2, 0) is 14.3 Å². The number of fused-ring (bicyclic) bond motifs is 1. The van der Waals surface area contributed by atoms with Gasteiger partial charge in [-0.25, -0.2) is 0 Å². The van der Waals surface area contributed by atoms with Crippen molar-refractivity contribution in [3.63, 3.8) is 0 Å². The van der Waals surface area contributed by atoms with Crippen molar-refractivity contribution in [2.45, 2.75) is 31.4 Å². The Morgan fingerprint density at radius 1 is 1.25 bits per heavy atom. The van der Waals surface area contributed by atoms with Gasteiger partial charge >= 0.3 is 0 Å². The second-order valence-electron chi connectivity index (χ2n) is 5.08. The molecule has 0 amide bonds. The average Bonchev–Trinajstić information content (AvgIpc) is 2.98. The number of Topliss-reactive ketones (excluding diaryl/α,β-unsaturated/α-hetero) is 1. The molecule has 90 valence electrons. The lowest BCUT2D eigenvalue weighted by atomic mass is 9.97. The van der Waals surface area contributed by atoms with Crippen LogP contribution in [-0.4, -0.2) is 55.7 Å². The van der Waals surface area contributed by atoms with Gasteiger partial charge in [-0.3, -0.25) is 9.69 Å². The molecule has 0 radical (unpaired) electrons. The Morgan fingerprint density at radius 2 is 2.19 bits per heavy atom. The maximum Gasteiger partial charge on any atom is 0.168 e. The van der Waals surface area contributed by atoms with E-state index in [2.05, 4.69) is 4.90 Å². The van der Waals surface area contributed by atoms with Gasteiger partial charge in [0.05, 0.1) is 13.2 Å². The van der Waals surface area contributed by atoms with Crippen LogP contribution in [0.25, 0.3) is 0 Å². The monoisotopic (exact) mass is 225 g/mol. The Labute approximate surface area is 95.9 Å². The van der Waals surface area contributed by atoms with Crippen LogP contribution in [0.3, 0.4) is 0 Å². The fraction of sp³-hybridized carbons (Fsp3) is 0.917. The Bertz CT molecular complexity index is 275. The van der Waals surface area contributed by atoms with Crippen LogP contribution < -0.4 is 0 Å². The number of carbonyl (C=O) groups is 1. The van der Waals surface area contributed by atoms with Crippen molar-refractivity contribution in [1.29, 1.82) is 0 Å². The zero-order valence-corrected chi connectivity index (χ0v) is 9.56. The number of nitrogens with zero attached hydrogens (tertiary/aromatic N) is 1. The fourth-order valence-electron chi connectivity index (χ4n) is 3.01. The zero-order valence-electron chi connectivity index (χ0n) is 9.56. The molecule has 0 saturated carbocycles. The first kappa shape index (κ1) is 10.7. The number of ether oxygens (including phenoxy) is 2. The summed E-state index contributed by atoms with van der Waals surface area (Å²) in [6.07, 6.45) is 3.16. The van der Waals surface area contributed by atoms with Gasteiger partial charge in [-0.15, -0.1) is 0 Å². The van der Waals surface area contributed by atoms with E-state index in [1.165, 1.54) is 12.8 Å². The van der Waals surface area contributed by atoms with E-state index >= 15 is 0 Å². The molecule has 0 bridgehead atoms. The predicted octanol–water partition coefficient (Wildman–Crippen LogP) is 0.455. The van der Waals surface area contributed by atoms with E-state index in [-0.39, 0.29) is 17.8 Å². The lowest BCUT2D eigenvalue weighted by Crippen LogP contribution is -2.50. The van der Waals surface area contributed by atoms with Crippen molar-refractivity contribution in [2.24, 2.45) is 5.92 Å². The SMILES string of the molecule is O=C(C1CCOC1)C1CN2CCCC2CO1. The van der Waals surface area contributed by atoms with Crippen LogP contribution in [0.5, 0.6) is 0 Å². The molecule has 0 N–H and O–H groups in total. The highest BCUT2D eigenvalue weighted by Crippen LogP contribution is 2.25. The van der Waals surface area contributed by atoms with E-state index in [9.17, 15) is 4.79 Å². The second-order valence-corrected chi connectivity index (χ2v) is 5.08. The molecule has 0 aromatic carbocycles. The Balaban J connectivity index is 1.60. The molecule has 3 saturated heterocycles. The molecule has 0 spiro atoms. The maximum absolute atomic E-state index is 12.2. The fourth-order valence-corrected chi connectivity index (χ4v) is 3.01. The van der Waals surface area contributed by atoms with Gasteiger partial charge in [-0.1, -0.05) is 0 Å². The topological polar surface area (TPSA) is 38.8 Å². The van der Waals surface area contributed by atoms with E-state index in [0.29, 0.717) is 12.6 Å².